The lowest BCUT2D eigenvalue weighted by atomic mass is 10.1. The van der Waals surface area contributed by atoms with Crippen LogP contribution in [0.15, 0.2) is 28.9 Å². The second kappa shape index (κ2) is 4.84. The molecule has 2 aromatic rings. The molecule has 2 rings (SSSR count). The van der Waals surface area contributed by atoms with Gasteiger partial charge in [0.1, 0.15) is 0 Å². The van der Waals surface area contributed by atoms with Crippen LogP contribution in [0.5, 0.6) is 0 Å². The molecule has 0 saturated carbocycles. The highest BCUT2D eigenvalue weighted by atomic mass is 79.9. The highest BCUT2D eigenvalue weighted by Crippen LogP contribution is 2.24. The Morgan fingerprint density at radius 3 is 2.94 bits per heavy atom. The van der Waals surface area contributed by atoms with Crippen LogP contribution in [0.25, 0.3) is 10.8 Å². The molecule has 1 aromatic heterocycles. The molecule has 0 saturated heterocycles. The first-order valence-electron chi connectivity index (χ1n) is 5.35. The predicted molar refractivity (Wildman–Crippen MR) is 70.1 cm³/mol. The summed E-state index contributed by atoms with van der Waals surface area (Å²) in [6.45, 7) is 3.97. The minimum atomic E-state index is -0.318. The number of ether oxygens (including phenoxy) is 1. The van der Waals surface area contributed by atoms with E-state index in [0.29, 0.717) is 17.9 Å². The van der Waals surface area contributed by atoms with Crippen molar-refractivity contribution in [3.05, 3.63) is 40.1 Å². The minimum Gasteiger partial charge on any atom is -0.462 e. The van der Waals surface area contributed by atoms with Crippen LogP contribution in [0.1, 0.15) is 23.0 Å². The van der Waals surface area contributed by atoms with E-state index in [1.165, 1.54) is 0 Å². The Kier molecular flexibility index (Phi) is 3.43. The largest absolute Gasteiger partial charge is 0.462 e. The molecule has 1 heterocycles. The fraction of sp³-hybridized carbons (Fsp3) is 0.231. The molecule has 88 valence electrons. The van der Waals surface area contributed by atoms with Gasteiger partial charge in [0.05, 0.1) is 17.9 Å². The Morgan fingerprint density at radius 1 is 1.47 bits per heavy atom. The predicted octanol–water partition coefficient (Wildman–Crippen LogP) is 3.48. The number of aromatic nitrogens is 1. The van der Waals surface area contributed by atoms with Gasteiger partial charge in [0, 0.05) is 21.4 Å². The van der Waals surface area contributed by atoms with Gasteiger partial charge < -0.3 is 4.74 Å². The lowest BCUT2D eigenvalue weighted by Gasteiger charge is -2.08. The molecule has 0 atom stereocenters. The van der Waals surface area contributed by atoms with Crippen molar-refractivity contribution in [1.29, 1.82) is 0 Å². The first kappa shape index (κ1) is 12.0. The van der Waals surface area contributed by atoms with Crippen molar-refractivity contribution in [3.63, 3.8) is 0 Å². The quantitative estimate of drug-likeness (QED) is 0.796. The molecule has 17 heavy (non-hydrogen) atoms. The monoisotopic (exact) mass is 293 g/mol. The van der Waals surface area contributed by atoms with E-state index in [1.54, 1.807) is 13.1 Å². The summed E-state index contributed by atoms with van der Waals surface area (Å²) >= 11 is 3.41. The molecular formula is C13H12BrNO2. The zero-order valence-corrected chi connectivity index (χ0v) is 11.2. The summed E-state index contributed by atoms with van der Waals surface area (Å²) in [5.74, 6) is -0.318. The van der Waals surface area contributed by atoms with E-state index in [2.05, 4.69) is 20.9 Å². The molecular weight excluding hydrogens is 282 g/mol. The van der Waals surface area contributed by atoms with Gasteiger partial charge in [0.15, 0.2) is 0 Å². The SMILES string of the molecule is CCOC(=O)c1c(C)ncc2ccc(Br)cc12. The summed E-state index contributed by atoms with van der Waals surface area (Å²) < 4.78 is 5.99. The Bertz CT molecular complexity index is 576. The second-order valence-corrected chi connectivity index (χ2v) is 4.59. The summed E-state index contributed by atoms with van der Waals surface area (Å²) in [5, 5.41) is 1.80. The summed E-state index contributed by atoms with van der Waals surface area (Å²) in [6.07, 6.45) is 1.76. The van der Waals surface area contributed by atoms with E-state index in [1.807, 2.05) is 25.1 Å². The summed E-state index contributed by atoms with van der Waals surface area (Å²) in [4.78, 5) is 16.1. The summed E-state index contributed by atoms with van der Waals surface area (Å²) in [7, 11) is 0. The highest BCUT2D eigenvalue weighted by Gasteiger charge is 2.15. The standard InChI is InChI=1S/C13H12BrNO2/c1-3-17-13(16)12-8(2)15-7-9-4-5-10(14)6-11(9)12/h4-7H,3H2,1-2H3. The maximum absolute atomic E-state index is 11.9. The van der Waals surface area contributed by atoms with E-state index in [-0.39, 0.29) is 5.97 Å². The third-order valence-electron chi connectivity index (χ3n) is 2.52. The topological polar surface area (TPSA) is 39.2 Å². The van der Waals surface area contributed by atoms with Crippen LogP contribution >= 0.6 is 15.9 Å². The molecule has 0 spiro atoms. The number of nitrogens with zero attached hydrogens (tertiary/aromatic N) is 1. The fourth-order valence-corrected chi connectivity index (χ4v) is 2.11. The van der Waals surface area contributed by atoms with Gasteiger partial charge in [-0.2, -0.15) is 0 Å². The molecule has 0 aliphatic rings. The van der Waals surface area contributed by atoms with E-state index in [0.717, 1.165) is 15.2 Å². The molecule has 4 heteroatoms. The number of benzene rings is 1. The molecule has 0 unspecified atom stereocenters. The van der Waals surface area contributed by atoms with E-state index in [9.17, 15) is 4.79 Å². The molecule has 3 nitrogen and oxygen atoms in total. The number of fused-ring (bicyclic) bond motifs is 1. The van der Waals surface area contributed by atoms with Gasteiger partial charge in [-0.05, 0) is 26.0 Å². The molecule has 0 amide bonds. The molecule has 0 aliphatic heterocycles. The van der Waals surface area contributed by atoms with Gasteiger partial charge in [0.2, 0.25) is 0 Å². The number of halogens is 1. The Morgan fingerprint density at radius 2 is 2.24 bits per heavy atom. The van der Waals surface area contributed by atoms with Gasteiger partial charge in [-0.3, -0.25) is 4.98 Å². The van der Waals surface area contributed by atoms with Crippen molar-refractivity contribution in [2.45, 2.75) is 13.8 Å². The number of esters is 1. The van der Waals surface area contributed by atoms with Crippen LogP contribution in [0.3, 0.4) is 0 Å². The van der Waals surface area contributed by atoms with Gasteiger partial charge in [-0.1, -0.05) is 22.0 Å². The summed E-state index contributed by atoms with van der Waals surface area (Å²) in [5.41, 5.74) is 1.24. The maximum atomic E-state index is 11.9. The number of hydrogen-bond donors (Lipinski definition) is 0. The number of carbonyl (C=O) groups excluding carboxylic acids is 1. The zero-order chi connectivity index (χ0) is 12.4. The third-order valence-corrected chi connectivity index (χ3v) is 3.02. The van der Waals surface area contributed by atoms with Gasteiger partial charge in [-0.25, -0.2) is 4.79 Å². The van der Waals surface area contributed by atoms with Gasteiger partial charge in [0.25, 0.3) is 0 Å². The van der Waals surface area contributed by atoms with Crippen molar-refractivity contribution in [1.82, 2.24) is 4.98 Å². The van der Waals surface area contributed by atoms with Crippen molar-refractivity contribution < 1.29 is 9.53 Å². The van der Waals surface area contributed by atoms with E-state index < -0.39 is 0 Å². The highest BCUT2D eigenvalue weighted by molar-refractivity contribution is 9.10. The van der Waals surface area contributed by atoms with Gasteiger partial charge >= 0.3 is 5.97 Å². The van der Waals surface area contributed by atoms with Gasteiger partial charge in [-0.15, -0.1) is 0 Å². The number of hydrogen-bond acceptors (Lipinski definition) is 3. The van der Waals surface area contributed by atoms with Crippen molar-refractivity contribution in [2.24, 2.45) is 0 Å². The molecule has 1 aromatic carbocycles. The molecule has 0 N–H and O–H groups in total. The number of carbonyl (C=O) groups is 1. The van der Waals surface area contributed by atoms with Crippen LogP contribution in [0.4, 0.5) is 0 Å². The summed E-state index contributed by atoms with van der Waals surface area (Å²) in [6, 6.07) is 5.76. The lowest BCUT2D eigenvalue weighted by molar-refractivity contribution is 0.0527. The first-order valence-corrected chi connectivity index (χ1v) is 6.14. The number of rotatable bonds is 2. The smallest absolute Gasteiger partial charge is 0.340 e. The van der Waals surface area contributed by atoms with Crippen molar-refractivity contribution in [3.8, 4) is 0 Å². The van der Waals surface area contributed by atoms with Crippen LogP contribution < -0.4 is 0 Å². The Labute approximate surface area is 108 Å². The maximum Gasteiger partial charge on any atom is 0.340 e. The van der Waals surface area contributed by atoms with Crippen molar-refractivity contribution >= 4 is 32.7 Å². The lowest BCUT2D eigenvalue weighted by Crippen LogP contribution is -2.08. The van der Waals surface area contributed by atoms with Crippen LogP contribution in [-0.4, -0.2) is 17.6 Å². The average molecular weight is 294 g/mol. The van der Waals surface area contributed by atoms with E-state index in [4.69, 9.17) is 4.74 Å². The number of pyridine rings is 1. The Balaban J connectivity index is 2.70. The molecule has 0 fully saturated rings. The van der Waals surface area contributed by atoms with Crippen LogP contribution in [0, 0.1) is 6.92 Å². The zero-order valence-electron chi connectivity index (χ0n) is 9.66. The average Bonchev–Trinajstić information content (AvgIpc) is 2.28. The van der Waals surface area contributed by atoms with E-state index >= 15 is 0 Å². The minimum absolute atomic E-state index is 0.318. The number of aryl methyl sites for hydroxylation is 1. The van der Waals surface area contributed by atoms with Crippen LogP contribution in [-0.2, 0) is 4.74 Å². The third kappa shape index (κ3) is 2.31. The van der Waals surface area contributed by atoms with Crippen molar-refractivity contribution in [2.75, 3.05) is 6.61 Å². The second-order valence-electron chi connectivity index (χ2n) is 3.67. The first-order chi connectivity index (χ1) is 8.13. The Hall–Kier alpha value is -1.42. The molecule has 0 radical (unpaired) electrons. The van der Waals surface area contributed by atoms with Crippen LogP contribution in [0.2, 0.25) is 0 Å². The normalized spacial score (nSPS) is 10.5. The fourth-order valence-electron chi connectivity index (χ4n) is 1.74. The molecule has 0 aliphatic carbocycles. The molecule has 0 bridgehead atoms.